The fourth-order valence-corrected chi connectivity index (χ4v) is 3.72. The molecule has 4 aromatic carbocycles. The maximum absolute atomic E-state index is 13.3. The van der Waals surface area contributed by atoms with Crippen molar-refractivity contribution >= 4 is 33.4 Å². The van der Waals surface area contributed by atoms with Gasteiger partial charge in [-0.05, 0) is 45.3 Å². The molecule has 0 heterocycles. The van der Waals surface area contributed by atoms with E-state index in [4.69, 9.17) is 11.0 Å². The zero-order chi connectivity index (χ0) is 21.1. The summed E-state index contributed by atoms with van der Waals surface area (Å²) in [7, 11) is 0. The van der Waals surface area contributed by atoms with Crippen LogP contribution in [0.15, 0.2) is 78.9 Å². The molecule has 5 heteroatoms. The molecule has 4 aromatic rings. The Morgan fingerprint density at radius 2 is 1.53 bits per heavy atom. The molecule has 0 bridgehead atoms. The Labute approximate surface area is 173 Å². The Bertz CT molecular complexity index is 1270. The summed E-state index contributed by atoms with van der Waals surface area (Å²) < 4.78 is 0. The molecule has 0 saturated carbocycles. The van der Waals surface area contributed by atoms with Crippen molar-refractivity contribution in [3.63, 3.8) is 0 Å². The molecule has 0 aliphatic rings. The van der Waals surface area contributed by atoms with Gasteiger partial charge in [0.1, 0.15) is 6.04 Å². The Hall–Kier alpha value is -4.17. The Morgan fingerprint density at radius 3 is 2.13 bits per heavy atom. The van der Waals surface area contributed by atoms with Crippen LogP contribution in [0.2, 0.25) is 0 Å². The maximum atomic E-state index is 13.3. The highest BCUT2D eigenvalue weighted by Gasteiger charge is 2.22. The number of hydrogen-bond acceptors (Lipinski definition) is 3. The van der Waals surface area contributed by atoms with Crippen molar-refractivity contribution in [2.75, 3.05) is 0 Å². The van der Waals surface area contributed by atoms with Gasteiger partial charge >= 0.3 is 0 Å². The van der Waals surface area contributed by atoms with E-state index >= 15 is 0 Å². The average molecular weight is 393 g/mol. The number of benzene rings is 4. The van der Waals surface area contributed by atoms with E-state index < -0.39 is 11.9 Å². The Morgan fingerprint density at radius 1 is 0.900 bits per heavy atom. The first-order chi connectivity index (χ1) is 14.6. The molecule has 4 rings (SSSR count). The summed E-state index contributed by atoms with van der Waals surface area (Å²) in [5, 5.41) is 15.4. The number of carbonyl (C=O) groups excluding carboxylic acids is 2. The fourth-order valence-electron chi connectivity index (χ4n) is 3.72. The molecular formula is C25H19N3O2. The van der Waals surface area contributed by atoms with Crippen LogP contribution in [-0.2, 0) is 11.2 Å². The highest BCUT2D eigenvalue weighted by Crippen LogP contribution is 2.28. The maximum Gasteiger partial charge on any atom is 0.253 e. The predicted molar refractivity (Wildman–Crippen MR) is 117 cm³/mol. The van der Waals surface area contributed by atoms with Crippen LogP contribution in [0.1, 0.15) is 21.5 Å². The lowest BCUT2D eigenvalue weighted by atomic mass is 9.95. The third kappa shape index (κ3) is 3.71. The van der Waals surface area contributed by atoms with Crippen LogP contribution in [0.3, 0.4) is 0 Å². The van der Waals surface area contributed by atoms with E-state index in [1.807, 2.05) is 54.6 Å². The number of nitriles is 1. The molecule has 0 spiro atoms. The van der Waals surface area contributed by atoms with E-state index in [2.05, 4.69) is 11.4 Å². The van der Waals surface area contributed by atoms with E-state index in [1.54, 1.807) is 24.3 Å². The topological polar surface area (TPSA) is 96.0 Å². The number of rotatable bonds is 5. The van der Waals surface area contributed by atoms with Gasteiger partial charge in [-0.2, -0.15) is 5.26 Å². The molecule has 0 aromatic heterocycles. The van der Waals surface area contributed by atoms with Crippen molar-refractivity contribution < 1.29 is 9.59 Å². The van der Waals surface area contributed by atoms with Gasteiger partial charge in [0.25, 0.3) is 5.91 Å². The summed E-state index contributed by atoms with van der Waals surface area (Å²) in [6.45, 7) is 0. The monoisotopic (exact) mass is 393 g/mol. The molecule has 0 aliphatic carbocycles. The minimum atomic E-state index is -0.899. The molecule has 0 saturated heterocycles. The van der Waals surface area contributed by atoms with E-state index in [9.17, 15) is 9.59 Å². The summed E-state index contributed by atoms with van der Waals surface area (Å²) in [4.78, 5) is 25.4. The molecule has 146 valence electrons. The summed E-state index contributed by atoms with van der Waals surface area (Å²) in [6.07, 6.45) is 0.208. The lowest BCUT2D eigenvalue weighted by molar-refractivity contribution is -0.119. The number of primary amides is 1. The number of nitrogens with one attached hydrogen (secondary N) is 1. The second kappa shape index (κ2) is 8.06. The molecular weight excluding hydrogens is 374 g/mol. The van der Waals surface area contributed by atoms with Crippen LogP contribution < -0.4 is 11.1 Å². The van der Waals surface area contributed by atoms with Crippen LogP contribution in [0.5, 0.6) is 0 Å². The molecule has 0 radical (unpaired) electrons. The second-order valence-corrected chi connectivity index (χ2v) is 7.14. The fraction of sp³-hybridized carbons (Fsp3) is 0.0800. The standard InChI is InChI=1S/C25H19N3O2/c26-15-17-7-5-6-16(12-17)13-22(24(27)29)28-25(30)23-20-10-3-1-8-18(20)14-19-9-2-4-11-21(19)23/h1-12,14,22H,13H2,(H2,27,29)(H,28,30)/t22-/m0/s1. The van der Waals surface area contributed by atoms with Crippen LogP contribution in [0.4, 0.5) is 0 Å². The van der Waals surface area contributed by atoms with E-state index in [0.29, 0.717) is 11.1 Å². The molecule has 0 fully saturated rings. The minimum absolute atomic E-state index is 0.208. The van der Waals surface area contributed by atoms with Crippen molar-refractivity contribution in [2.45, 2.75) is 12.5 Å². The quantitative estimate of drug-likeness (QED) is 0.506. The molecule has 1 atom stereocenters. The number of nitrogens with two attached hydrogens (primary N) is 1. The van der Waals surface area contributed by atoms with Crippen LogP contribution in [0.25, 0.3) is 21.5 Å². The largest absolute Gasteiger partial charge is 0.368 e. The Kier molecular flexibility index (Phi) is 5.15. The Balaban J connectivity index is 1.73. The van der Waals surface area contributed by atoms with Gasteiger partial charge < -0.3 is 11.1 Å². The van der Waals surface area contributed by atoms with Gasteiger partial charge in [0, 0.05) is 6.42 Å². The highest BCUT2D eigenvalue weighted by atomic mass is 16.2. The summed E-state index contributed by atoms with van der Waals surface area (Å²) >= 11 is 0. The first-order valence-corrected chi connectivity index (χ1v) is 9.56. The second-order valence-electron chi connectivity index (χ2n) is 7.14. The van der Waals surface area contributed by atoms with Crippen molar-refractivity contribution in [2.24, 2.45) is 5.73 Å². The SMILES string of the molecule is N#Cc1cccc(C[C@H](NC(=O)c2c3ccccc3cc3ccccc23)C(N)=O)c1. The smallest absolute Gasteiger partial charge is 0.253 e. The lowest BCUT2D eigenvalue weighted by Crippen LogP contribution is -2.46. The van der Waals surface area contributed by atoms with E-state index in [1.165, 1.54) is 0 Å². The molecule has 0 unspecified atom stereocenters. The first-order valence-electron chi connectivity index (χ1n) is 9.56. The van der Waals surface area contributed by atoms with Crippen LogP contribution in [0, 0.1) is 11.3 Å². The zero-order valence-corrected chi connectivity index (χ0v) is 16.1. The number of hydrogen-bond donors (Lipinski definition) is 2. The van der Waals surface area contributed by atoms with Gasteiger partial charge in [-0.25, -0.2) is 0 Å². The van der Waals surface area contributed by atoms with Crippen molar-refractivity contribution in [3.05, 3.63) is 95.6 Å². The molecule has 0 aliphatic heterocycles. The predicted octanol–water partition coefficient (Wildman–Crippen LogP) is 3.69. The number of nitrogens with zero attached hydrogens (tertiary/aromatic N) is 1. The van der Waals surface area contributed by atoms with Crippen molar-refractivity contribution in [1.29, 1.82) is 5.26 Å². The average Bonchev–Trinajstić information content (AvgIpc) is 2.76. The number of fused-ring (bicyclic) bond motifs is 2. The van der Waals surface area contributed by atoms with E-state index in [-0.39, 0.29) is 12.3 Å². The number of carbonyl (C=O) groups is 2. The third-order valence-electron chi connectivity index (χ3n) is 5.14. The zero-order valence-electron chi connectivity index (χ0n) is 16.1. The molecule has 2 amide bonds. The van der Waals surface area contributed by atoms with Crippen LogP contribution >= 0.6 is 0 Å². The van der Waals surface area contributed by atoms with Gasteiger partial charge in [-0.15, -0.1) is 0 Å². The minimum Gasteiger partial charge on any atom is -0.368 e. The molecule has 30 heavy (non-hydrogen) atoms. The van der Waals surface area contributed by atoms with Crippen molar-refractivity contribution in [3.8, 4) is 6.07 Å². The van der Waals surface area contributed by atoms with Gasteiger partial charge in [-0.1, -0.05) is 60.7 Å². The summed E-state index contributed by atoms with van der Waals surface area (Å²) in [5.41, 5.74) is 7.34. The van der Waals surface area contributed by atoms with Gasteiger partial charge in [0.2, 0.25) is 5.91 Å². The molecule has 3 N–H and O–H groups in total. The lowest BCUT2D eigenvalue weighted by Gasteiger charge is -2.18. The normalized spacial score (nSPS) is 11.7. The highest BCUT2D eigenvalue weighted by molar-refractivity contribution is 6.18. The number of amides is 2. The summed E-state index contributed by atoms with van der Waals surface area (Å²) in [6, 6.07) is 25.4. The van der Waals surface area contributed by atoms with Gasteiger partial charge in [-0.3, -0.25) is 9.59 Å². The summed E-state index contributed by atoms with van der Waals surface area (Å²) in [5.74, 6) is -0.988. The van der Waals surface area contributed by atoms with Crippen molar-refractivity contribution in [1.82, 2.24) is 5.32 Å². The van der Waals surface area contributed by atoms with Crippen LogP contribution in [-0.4, -0.2) is 17.9 Å². The molecule has 5 nitrogen and oxygen atoms in total. The van der Waals surface area contributed by atoms with E-state index in [0.717, 1.165) is 27.1 Å². The van der Waals surface area contributed by atoms with Gasteiger partial charge in [0.15, 0.2) is 0 Å². The third-order valence-corrected chi connectivity index (χ3v) is 5.14. The van der Waals surface area contributed by atoms with Gasteiger partial charge in [0.05, 0.1) is 17.2 Å². The first kappa shape index (κ1) is 19.2.